The minimum atomic E-state index is -1.15. The van der Waals surface area contributed by atoms with Gasteiger partial charge >= 0.3 is 0 Å². The Hall–Kier alpha value is -1.46. The number of rotatable bonds is 5. The van der Waals surface area contributed by atoms with Crippen LogP contribution in [-0.2, 0) is 9.59 Å². The first-order valence-electron chi connectivity index (χ1n) is 6.75. The summed E-state index contributed by atoms with van der Waals surface area (Å²) in [6.45, 7) is 0. The molecule has 0 bridgehead atoms. The molecule has 2 amide bonds. The fourth-order valence-corrected chi connectivity index (χ4v) is 2.16. The van der Waals surface area contributed by atoms with Gasteiger partial charge in [-0.15, -0.1) is 0 Å². The van der Waals surface area contributed by atoms with E-state index in [2.05, 4.69) is 10.6 Å². The predicted octanol–water partition coefficient (Wildman–Crippen LogP) is 4.84. The van der Waals surface area contributed by atoms with Gasteiger partial charge in [-0.05, 0) is 35.4 Å². The van der Waals surface area contributed by atoms with Crippen molar-refractivity contribution in [1.82, 2.24) is 0 Å². The van der Waals surface area contributed by atoms with Crippen LogP contribution in [0.25, 0.3) is 11.1 Å². The van der Waals surface area contributed by atoms with Crippen molar-refractivity contribution in [2.75, 3.05) is 10.6 Å². The summed E-state index contributed by atoms with van der Waals surface area (Å²) < 4.78 is 0. The molecule has 2 aromatic rings. The summed E-state index contributed by atoms with van der Waals surface area (Å²) in [5.41, 5.74) is 2.77. The molecular formula is C16H12Cl4N2O2. The third-order valence-electron chi connectivity index (χ3n) is 2.99. The fourth-order valence-electron chi connectivity index (χ4n) is 1.95. The number of hydrogen-bond acceptors (Lipinski definition) is 2. The second-order valence-corrected chi connectivity index (χ2v) is 6.93. The molecule has 24 heavy (non-hydrogen) atoms. The molecule has 2 aromatic carbocycles. The van der Waals surface area contributed by atoms with Gasteiger partial charge in [-0.25, -0.2) is 0 Å². The minimum absolute atomic E-state index is 0.508. The van der Waals surface area contributed by atoms with Gasteiger partial charge in [0.25, 0.3) is 11.8 Å². The van der Waals surface area contributed by atoms with Crippen LogP contribution in [0.4, 0.5) is 11.4 Å². The quantitative estimate of drug-likeness (QED) is 0.699. The SMILES string of the molecule is O=C(Nc1cccc(-c2cccc(NC(=O)C(Cl)Cl)c2)c1)C(Cl)Cl. The standard InChI is InChI=1S/C16H12Cl4N2O2/c17-13(18)15(23)21-11-5-1-3-9(7-11)10-4-2-6-12(8-10)22-16(24)14(19)20/h1-8,13-14H,(H,21,23)(H,22,24). The van der Waals surface area contributed by atoms with E-state index in [1.54, 1.807) is 36.4 Å². The van der Waals surface area contributed by atoms with Crippen LogP contribution in [0.5, 0.6) is 0 Å². The van der Waals surface area contributed by atoms with Crippen LogP contribution in [0.1, 0.15) is 0 Å². The van der Waals surface area contributed by atoms with Crippen molar-refractivity contribution >= 4 is 69.6 Å². The van der Waals surface area contributed by atoms with Gasteiger partial charge in [-0.2, -0.15) is 0 Å². The molecule has 0 saturated heterocycles. The van der Waals surface area contributed by atoms with E-state index >= 15 is 0 Å². The van der Waals surface area contributed by atoms with Crippen molar-refractivity contribution < 1.29 is 9.59 Å². The highest BCUT2D eigenvalue weighted by atomic mass is 35.5. The summed E-state index contributed by atoms with van der Waals surface area (Å²) in [5.74, 6) is -1.02. The molecule has 0 saturated carbocycles. The van der Waals surface area contributed by atoms with Gasteiger partial charge in [0.05, 0.1) is 0 Å². The third kappa shape index (κ3) is 5.28. The molecule has 126 valence electrons. The fraction of sp³-hybridized carbons (Fsp3) is 0.125. The summed E-state index contributed by atoms with van der Waals surface area (Å²) in [6, 6.07) is 14.2. The molecule has 0 fully saturated rings. The van der Waals surface area contributed by atoms with Gasteiger partial charge in [-0.3, -0.25) is 9.59 Å². The third-order valence-corrected chi connectivity index (χ3v) is 3.78. The molecule has 4 nitrogen and oxygen atoms in total. The molecule has 0 heterocycles. The van der Waals surface area contributed by atoms with E-state index < -0.39 is 21.5 Å². The average molecular weight is 406 g/mol. The van der Waals surface area contributed by atoms with Crippen LogP contribution < -0.4 is 10.6 Å². The smallest absolute Gasteiger partial charge is 0.257 e. The normalized spacial score (nSPS) is 10.8. The molecule has 0 aliphatic heterocycles. The maximum absolute atomic E-state index is 11.6. The maximum atomic E-state index is 11.6. The second kappa shape index (κ2) is 8.58. The van der Waals surface area contributed by atoms with Crippen LogP contribution in [0.2, 0.25) is 0 Å². The number of amides is 2. The number of halogens is 4. The van der Waals surface area contributed by atoms with E-state index in [9.17, 15) is 9.59 Å². The highest BCUT2D eigenvalue weighted by Gasteiger charge is 2.13. The van der Waals surface area contributed by atoms with Crippen LogP contribution >= 0.6 is 46.4 Å². The van der Waals surface area contributed by atoms with E-state index in [0.717, 1.165) is 11.1 Å². The summed E-state index contributed by atoms with van der Waals surface area (Å²) in [4.78, 5) is 20.8. The van der Waals surface area contributed by atoms with Crippen LogP contribution in [0, 0.1) is 0 Å². The van der Waals surface area contributed by atoms with Gasteiger partial charge in [0.1, 0.15) is 0 Å². The van der Waals surface area contributed by atoms with Crippen molar-refractivity contribution in [1.29, 1.82) is 0 Å². The summed E-state index contributed by atoms with van der Waals surface area (Å²) in [7, 11) is 0. The summed E-state index contributed by atoms with van der Waals surface area (Å²) >= 11 is 22.1. The molecule has 2 N–H and O–H groups in total. The predicted molar refractivity (Wildman–Crippen MR) is 100 cm³/mol. The topological polar surface area (TPSA) is 58.2 Å². The highest BCUT2D eigenvalue weighted by Crippen LogP contribution is 2.26. The maximum Gasteiger partial charge on any atom is 0.257 e. The Bertz CT molecular complexity index is 687. The van der Waals surface area contributed by atoms with Gasteiger partial charge < -0.3 is 10.6 Å². The molecule has 2 rings (SSSR count). The first kappa shape index (κ1) is 18.9. The number of hydrogen-bond donors (Lipinski definition) is 2. The number of carbonyl (C=O) groups excluding carboxylic acids is 2. The Balaban J connectivity index is 2.22. The lowest BCUT2D eigenvalue weighted by Crippen LogP contribution is -2.18. The lowest BCUT2D eigenvalue weighted by atomic mass is 10.0. The zero-order chi connectivity index (χ0) is 17.7. The van der Waals surface area contributed by atoms with Crippen molar-refractivity contribution in [3.63, 3.8) is 0 Å². The molecule has 0 unspecified atom stereocenters. The number of alkyl halides is 4. The molecule has 0 spiro atoms. The summed E-state index contributed by atoms with van der Waals surface area (Å²) in [6.07, 6.45) is 0. The van der Waals surface area contributed by atoms with Gasteiger partial charge in [-0.1, -0.05) is 70.7 Å². The molecule has 0 atom stereocenters. The zero-order valence-electron chi connectivity index (χ0n) is 12.1. The molecular weight excluding hydrogens is 394 g/mol. The summed E-state index contributed by atoms with van der Waals surface area (Å²) in [5, 5.41) is 5.21. The lowest BCUT2D eigenvalue weighted by Gasteiger charge is -2.10. The second-order valence-electron chi connectivity index (χ2n) is 4.74. The van der Waals surface area contributed by atoms with Gasteiger partial charge in [0.15, 0.2) is 9.67 Å². The Morgan fingerprint density at radius 1 is 0.708 bits per heavy atom. The van der Waals surface area contributed by atoms with Crippen molar-refractivity contribution in [2.24, 2.45) is 0 Å². The van der Waals surface area contributed by atoms with Crippen molar-refractivity contribution in [2.45, 2.75) is 9.67 Å². The van der Waals surface area contributed by atoms with Crippen molar-refractivity contribution in [3.05, 3.63) is 48.5 Å². The van der Waals surface area contributed by atoms with Crippen LogP contribution in [0.3, 0.4) is 0 Å². The number of anilines is 2. The number of nitrogens with one attached hydrogen (secondary N) is 2. The monoisotopic (exact) mass is 404 g/mol. The van der Waals surface area contributed by atoms with E-state index in [4.69, 9.17) is 46.4 Å². The zero-order valence-corrected chi connectivity index (χ0v) is 15.1. The van der Waals surface area contributed by atoms with Crippen LogP contribution in [0.15, 0.2) is 48.5 Å². The molecule has 8 heteroatoms. The van der Waals surface area contributed by atoms with Crippen LogP contribution in [-0.4, -0.2) is 21.5 Å². The minimum Gasteiger partial charge on any atom is -0.324 e. The Kier molecular flexibility index (Phi) is 6.75. The first-order chi connectivity index (χ1) is 11.4. The molecule has 0 radical (unpaired) electrons. The highest BCUT2D eigenvalue weighted by molar-refractivity contribution is 6.55. The van der Waals surface area contributed by atoms with Gasteiger partial charge in [0.2, 0.25) is 0 Å². The van der Waals surface area contributed by atoms with E-state index in [0.29, 0.717) is 11.4 Å². The largest absolute Gasteiger partial charge is 0.324 e. The molecule has 0 aliphatic rings. The Morgan fingerprint density at radius 2 is 1.08 bits per heavy atom. The lowest BCUT2D eigenvalue weighted by molar-refractivity contribution is -0.115. The van der Waals surface area contributed by atoms with Gasteiger partial charge in [0, 0.05) is 11.4 Å². The average Bonchev–Trinajstić information content (AvgIpc) is 2.55. The molecule has 0 aliphatic carbocycles. The number of carbonyl (C=O) groups is 2. The van der Waals surface area contributed by atoms with Crippen molar-refractivity contribution in [3.8, 4) is 11.1 Å². The number of benzene rings is 2. The molecule has 0 aromatic heterocycles. The Morgan fingerprint density at radius 3 is 1.42 bits per heavy atom. The van der Waals surface area contributed by atoms with E-state index in [1.807, 2.05) is 12.1 Å². The van der Waals surface area contributed by atoms with E-state index in [1.165, 1.54) is 0 Å². The van der Waals surface area contributed by atoms with E-state index in [-0.39, 0.29) is 0 Å². The first-order valence-corrected chi connectivity index (χ1v) is 8.50. The Labute approximate surface area is 159 Å².